The minimum atomic E-state index is -0.793. The molecule has 4 fully saturated rings. The molecule has 0 unspecified atom stereocenters. The third-order valence-electron chi connectivity index (χ3n) is 9.35. The Labute approximate surface area is 245 Å². The molecule has 1 aromatic carbocycles. The van der Waals surface area contributed by atoms with Gasteiger partial charge in [0.2, 0.25) is 5.91 Å². The van der Waals surface area contributed by atoms with Crippen molar-refractivity contribution in [2.45, 2.75) is 123 Å². The van der Waals surface area contributed by atoms with Crippen LogP contribution >= 0.6 is 0 Å². The Morgan fingerprint density at radius 2 is 1.54 bits per heavy atom. The molecule has 226 valence electrons. The van der Waals surface area contributed by atoms with Crippen LogP contribution < -0.4 is 0 Å². The summed E-state index contributed by atoms with van der Waals surface area (Å²) in [4.78, 5) is 51.9. The fourth-order valence-electron chi connectivity index (χ4n) is 7.25. The van der Waals surface area contributed by atoms with E-state index in [0.717, 1.165) is 44.1 Å². The van der Waals surface area contributed by atoms with E-state index in [-0.39, 0.29) is 30.4 Å². The first kappa shape index (κ1) is 29.9. The molecule has 2 heterocycles. The first-order valence-electron chi connectivity index (χ1n) is 16.0. The molecule has 2 saturated carbocycles. The Morgan fingerprint density at radius 3 is 2.17 bits per heavy atom. The molecule has 2 aliphatic heterocycles. The van der Waals surface area contributed by atoms with E-state index in [1.807, 2.05) is 35.2 Å². The maximum Gasteiger partial charge on any atom is 0.436 e. The van der Waals surface area contributed by atoms with Gasteiger partial charge in [-0.1, -0.05) is 102 Å². The Hall–Kier alpha value is -2.61. The second kappa shape index (κ2) is 13.1. The summed E-state index contributed by atoms with van der Waals surface area (Å²) in [7, 11) is 0. The van der Waals surface area contributed by atoms with E-state index in [2.05, 4.69) is 20.8 Å². The molecular weight excluding hydrogens is 518 g/mol. The smallest absolute Gasteiger partial charge is 0.436 e. The zero-order valence-corrected chi connectivity index (χ0v) is 25.3. The molecule has 1 aromatic rings. The highest BCUT2D eigenvalue weighted by molar-refractivity contribution is 5.92. The van der Waals surface area contributed by atoms with Crippen LogP contribution in [-0.2, 0) is 25.8 Å². The SMILES string of the molecule is CC(C)(C)C[C@H]1C(=O)N(CC2CCCCC2)C[C@@H]2N(C(=O)OCc3ccccc3)O[C@H](CC3CCCCC3)C(=O)N21. The van der Waals surface area contributed by atoms with Gasteiger partial charge in [-0.05, 0) is 48.5 Å². The van der Waals surface area contributed by atoms with Gasteiger partial charge in [0.25, 0.3) is 5.91 Å². The molecule has 0 radical (unpaired) electrons. The number of carbonyl (C=O) groups is 3. The van der Waals surface area contributed by atoms with Gasteiger partial charge in [-0.15, -0.1) is 0 Å². The fraction of sp³-hybridized carbons (Fsp3) is 0.727. The summed E-state index contributed by atoms with van der Waals surface area (Å²) in [6, 6.07) is 8.94. The van der Waals surface area contributed by atoms with Crippen LogP contribution in [0.4, 0.5) is 4.79 Å². The summed E-state index contributed by atoms with van der Waals surface area (Å²) in [5.41, 5.74) is 0.697. The quantitative estimate of drug-likeness (QED) is 0.387. The van der Waals surface area contributed by atoms with Crippen LogP contribution in [0.25, 0.3) is 0 Å². The molecule has 8 nitrogen and oxygen atoms in total. The third kappa shape index (κ3) is 7.43. The number of amides is 3. The van der Waals surface area contributed by atoms with Crippen LogP contribution in [0.15, 0.2) is 30.3 Å². The first-order valence-corrected chi connectivity index (χ1v) is 16.0. The van der Waals surface area contributed by atoms with E-state index >= 15 is 0 Å². The molecule has 3 atom stereocenters. The van der Waals surface area contributed by atoms with Gasteiger partial charge in [0.15, 0.2) is 12.3 Å². The number of benzene rings is 1. The number of piperazine rings is 1. The normalized spacial score (nSPS) is 26.7. The molecule has 2 aliphatic carbocycles. The summed E-state index contributed by atoms with van der Waals surface area (Å²) in [5, 5.41) is 1.30. The molecular formula is C33H49N3O5. The molecule has 8 heteroatoms. The number of hydroxylamine groups is 2. The molecule has 0 bridgehead atoms. The summed E-state index contributed by atoms with van der Waals surface area (Å²) >= 11 is 0. The number of fused-ring (bicyclic) bond motifs is 1. The summed E-state index contributed by atoms with van der Waals surface area (Å²) in [6.45, 7) is 7.33. The van der Waals surface area contributed by atoms with Crippen molar-refractivity contribution in [3.8, 4) is 0 Å². The number of hydrogen-bond donors (Lipinski definition) is 0. The predicted molar refractivity (Wildman–Crippen MR) is 156 cm³/mol. The molecule has 2 saturated heterocycles. The minimum absolute atomic E-state index is 0.00557. The van der Waals surface area contributed by atoms with E-state index in [4.69, 9.17) is 9.57 Å². The van der Waals surface area contributed by atoms with Gasteiger partial charge >= 0.3 is 6.09 Å². The lowest BCUT2D eigenvalue weighted by molar-refractivity contribution is -0.270. The maximum absolute atomic E-state index is 14.2. The van der Waals surface area contributed by atoms with Gasteiger partial charge < -0.3 is 14.5 Å². The van der Waals surface area contributed by atoms with Crippen LogP contribution in [0.2, 0.25) is 0 Å². The van der Waals surface area contributed by atoms with E-state index in [9.17, 15) is 14.4 Å². The average Bonchev–Trinajstić information content (AvgIpc) is 2.96. The third-order valence-corrected chi connectivity index (χ3v) is 9.35. The first-order chi connectivity index (χ1) is 19.7. The van der Waals surface area contributed by atoms with Gasteiger partial charge in [0.05, 0.1) is 6.54 Å². The van der Waals surface area contributed by atoms with Gasteiger partial charge in [-0.25, -0.2) is 4.79 Å². The highest BCUT2D eigenvalue weighted by Gasteiger charge is 2.54. The zero-order valence-electron chi connectivity index (χ0n) is 25.3. The molecule has 5 rings (SSSR count). The van der Waals surface area contributed by atoms with Crippen molar-refractivity contribution < 1.29 is 24.0 Å². The Morgan fingerprint density at radius 1 is 0.902 bits per heavy atom. The Kier molecular flexibility index (Phi) is 9.57. The number of carbonyl (C=O) groups excluding carboxylic acids is 3. The molecule has 41 heavy (non-hydrogen) atoms. The summed E-state index contributed by atoms with van der Waals surface area (Å²) in [5.74, 6) is 0.673. The highest BCUT2D eigenvalue weighted by atomic mass is 16.7. The van der Waals surface area contributed by atoms with Crippen LogP contribution in [0.5, 0.6) is 0 Å². The van der Waals surface area contributed by atoms with E-state index in [1.165, 1.54) is 30.7 Å². The van der Waals surface area contributed by atoms with Gasteiger partial charge in [-0.2, -0.15) is 5.06 Å². The lowest BCUT2D eigenvalue weighted by atomic mass is 9.83. The van der Waals surface area contributed by atoms with Crippen molar-refractivity contribution in [1.29, 1.82) is 0 Å². The van der Waals surface area contributed by atoms with E-state index < -0.39 is 24.4 Å². The van der Waals surface area contributed by atoms with Crippen LogP contribution in [0, 0.1) is 17.3 Å². The highest BCUT2D eigenvalue weighted by Crippen LogP contribution is 2.37. The van der Waals surface area contributed by atoms with Crippen molar-refractivity contribution in [2.24, 2.45) is 17.3 Å². The van der Waals surface area contributed by atoms with E-state index in [1.54, 1.807) is 4.90 Å². The molecule has 3 amide bonds. The number of nitrogens with zero attached hydrogens (tertiary/aromatic N) is 3. The fourth-order valence-corrected chi connectivity index (χ4v) is 7.25. The standard InChI is InChI=1S/C33H49N3O5/c1-33(2,3)20-27-30(37)34(21-25-15-9-5-10-16-25)22-29-35(27)31(38)28(19-24-13-7-4-8-14-24)41-36(29)32(39)40-23-26-17-11-6-12-18-26/h6,11-12,17-18,24-25,27-29H,4-5,7-10,13-16,19-23H2,1-3H3/t27-,28+,29-/m0/s1. The lowest BCUT2D eigenvalue weighted by Gasteiger charge is -2.54. The van der Waals surface area contributed by atoms with Crippen LogP contribution in [0.3, 0.4) is 0 Å². The monoisotopic (exact) mass is 567 g/mol. The zero-order chi connectivity index (χ0) is 29.0. The predicted octanol–water partition coefficient (Wildman–Crippen LogP) is 6.29. The van der Waals surface area contributed by atoms with Crippen molar-refractivity contribution in [3.05, 3.63) is 35.9 Å². The largest absolute Gasteiger partial charge is 0.443 e. The second-order valence-electron chi connectivity index (χ2n) is 14.0. The van der Waals surface area contributed by atoms with Gasteiger partial charge in [0, 0.05) is 6.54 Å². The second-order valence-corrected chi connectivity index (χ2v) is 14.0. The van der Waals surface area contributed by atoms with Crippen molar-refractivity contribution >= 4 is 17.9 Å². The van der Waals surface area contributed by atoms with Crippen molar-refractivity contribution in [1.82, 2.24) is 14.9 Å². The Balaban J connectivity index is 1.43. The van der Waals surface area contributed by atoms with Crippen molar-refractivity contribution in [2.75, 3.05) is 13.1 Å². The summed E-state index contributed by atoms with van der Waals surface area (Å²) < 4.78 is 5.76. The number of ether oxygens (including phenoxy) is 1. The minimum Gasteiger partial charge on any atom is -0.443 e. The molecule has 0 spiro atoms. The molecule has 4 aliphatic rings. The van der Waals surface area contributed by atoms with Crippen LogP contribution in [0.1, 0.15) is 103 Å². The maximum atomic E-state index is 14.2. The van der Waals surface area contributed by atoms with Gasteiger partial charge in [0.1, 0.15) is 12.6 Å². The lowest BCUT2D eigenvalue weighted by Crippen LogP contribution is -2.74. The van der Waals surface area contributed by atoms with Crippen molar-refractivity contribution in [3.63, 3.8) is 0 Å². The van der Waals surface area contributed by atoms with Gasteiger partial charge in [-0.3, -0.25) is 14.4 Å². The topological polar surface area (TPSA) is 79.4 Å². The number of hydrogen-bond acceptors (Lipinski definition) is 5. The van der Waals surface area contributed by atoms with Crippen LogP contribution in [-0.4, -0.2) is 64.2 Å². The Bertz CT molecular complexity index is 1040. The van der Waals surface area contributed by atoms with E-state index in [0.29, 0.717) is 31.2 Å². The molecule has 0 N–H and O–H groups in total. The number of rotatable bonds is 7. The molecule has 0 aromatic heterocycles. The average molecular weight is 568 g/mol. The summed E-state index contributed by atoms with van der Waals surface area (Å²) in [6.07, 6.45) is 10.5.